The molecule has 0 aromatic heterocycles. The number of nitrogens with one attached hydrogen (secondary N) is 1. The molecule has 1 spiro atoms. The Kier molecular flexibility index (Phi) is 4.01. The van der Waals surface area contributed by atoms with Gasteiger partial charge in [-0.2, -0.15) is 5.26 Å². The number of halogens is 1. The fraction of sp³-hybridized carbons (Fsp3) is 0.167. The number of carbonyl (C=O) groups is 2. The summed E-state index contributed by atoms with van der Waals surface area (Å²) in [6.45, 7) is 4.99. The fourth-order valence-corrected chi connectivity index (χ4v) is 3.76. The lowest BCUT2D eigenvalue weighted by molar-refractivity contribution is -0.122. The Morgan fingerprint density at radius 2 is 2.28 bits per heavy atom. The average Bonchev–Trinajstić information content (AvgIpc) is 2.81. The summed E-state index contributed by atoms with van der Waals surface area (Å²) in [6, 6.07) is 7.14. The van der Waals surface area contributed by atoms with Crippen LogP contribution in [-0.4, -0.2) is 11.7 Å². The second kappa shape index (κ2) is 5.90. The molecule has 25 heavy (non-hydrogen) atoms. The number of benzene rings is 1. The van der Waals surface area contributed by atoms with Gasteiger partial charge in [0.1, 0.15) is 22.8 Å². The number of anilines is 1. The summed E-state index contributed by atoms with van der Waals surface area (Å²) in [5.41, 5.74) is 5.34. The van der Waals surface area contributed by atoms with E-state index in [1.807, 2.05) is 6.07 Å². The van der Waals surface area contributed by atoms with Gasteiger partial charge in [-0.25, -0.2) is 0 Å². The van der Waals surface area contributed by atoms with Gasteiger partial charge in [0.05, 0.1) is 5.57 Å². The third-order valence-corrected chi connectivity index (χ3v) is 4.77. The maximum absolute atomic E-state index is 13.1. The first kappa shape index (κ1) is 17.0. The van der Waals surface area contributed by atoms with Crippen molar-refractivity contribution >= 4 is 33.3 Å². The maximum atomic E-state index is 13.1. The molecule has 1 unspecified atom stereocenters. The quantitative estimate of drug-likeness (QED) is 0.760. The van der Waals surface area contributed by atoms with Gasteiger partial charge in [0.15, 0.2) is 5.78 Å². The Morgan fingerprint density at radius 3 is 2.88 bits per heavy atom. The summed E-state index contributed by atoms with van der Waals surface area (Å²) < 4.78 is 6.22. The van der Waals surface area contributed by atoms with Crippen LogP contribution in [0.15, 0.2) is 58.1 Å². The number of rotatable bonds is 3. The number of nitrogens with two attached hydrogens (primary N) is 1. The van der Waals surface area contributed by atoms with E-state index in [9.17, 15) is 14.9 Å². The molecule has 6 nitrogen and oxygen atoms in total. The van der Waals surface area contributed by atoms with Crippen molar-refractivity contribution in [3.8, 4) is 6.07 Å². The summed E-state index contributed by atoms with van der Waals surface area (Å²) in [6.07, 6.45) is 1.75. The second-order valence-electron chi connectivity index (χ2n) is 5.69. The van der Waals surface area contributed by atoms with Crippen LogP contribution in [0.1, 0.15) is 18.9 Å². The van der Waals surface area contributed by atoms with Crippen molar-refractivity contribution in [3.05, 3.63) is 63.7 Å². The van der Waals surface area contributed by atoms with Crippen LogP contribution in [0.5, 0.6) is 0 Å². The van der Waals surface area contributed by atoms with E-state index >= 15 is 0 Å². The summed E-state index contributed by atoms with van der Waals surface area (Å²) in [5.74, 6) is -0.843. The van der Waals surface area contributed by atoms with Crippen LogP contribution >= 0.6 is 15.9 Å². The van der Waals surface area contributed by atoms with Crippen molar-refractivity contribution in [1.29, 1.82) is 5.26 Å². The number of amides is 1. The third-order valence-electron chi connectivity index (χ3n) is 4.28. The number of hydrogen-bond acceptors (Lipinski definition) is 5. The largest absolute Gasteiger partial charge is 0.444 e. The molecule has 3 N–H and O–H groups in total. The molecule has 0 saturated carbocycles. The molecule has 2 aliphatic heterocycles. The van der Waals surface area contributed by atoms with Crippen LogP contribution in [0.2, 0.25) is 0 Å². The van der Waals surface area contributed by atoms with Crippen molar-refractivity contribution in [2.75, 3.05) is 5.32 Å². The van der Waals surface area contributed by atoms with E-state index in [1.54, 1.807) is 24.3 Å². The van der Waals surface area contributed by atoms with Gasteiger partial charge in [-0.3, -0.25) is 9.59 Å². The van der Waals surface area contributed by atoms with Crippen LogP contribution < -0.4 is 11.1 Å². The molecule has 126 valence electrons. The Morgan fingerprint density at radius 1 is 1.56 bits per heavy atom. The van der Waals surface area contributed by atoms with E-state index in [2.05, 4.69) is 27.8 Å². The molecule has 0 fully saturated rings. The van der Waals surface area contributed by atoms with E-state index in [4.69, 9.17) is 10.5 Å². The summed E-state index contributed by atoms with van der Waals surface area (Å²) in [7, 11) is 0. The standard InChI is InChI=1S/C18H14BrN3O3/c1-3-4-14-15(9(2)23)18(12(8-20)16(21)25-14)11-7-10(19)5-6-13(11)22-17(18)24/h3,5-7H,1,4,21H2,2H3,(H,22,24). The molecule has 0 bridgehead atoms. The first-order chi connectivity index (χ1) is 11.9. The molecule has 7 heteroatoms. The van der Waals surface area contributed by atoms with Crippen molar-refractivity contribution < 1.29 is 14.3 Å². The number of Topliss-reactive ketones (excluding diaryl/α,β-unsaturated/α-hetero) is 1. The molecule has 3 rings (SSSR count). The molecule has 1 atom stereocenters. The normalized spacial score (nSPS) is 21.6. The van der Waals surface area contributed by atoms with Gasteiger partial charge in [0.2, 0.25) is 11.8 Å². The van der Waals surface area contributed by atoms with Crippen molar-refractivity contribution in [2.45, 2.75) is 18.8 Å². The van der Waals surface area contributed by atoms with E-state index < -0.39 is 11.3 Å². The highest BCUT2D eigenvalue weighted by atomic mass is 79.9. The lowest BCUT2D eigenvalue weighted by Crippen LogP contribution is -2.45. The Labute approximate surface area is 152 Å². The van der Waals surface area contributed by atoms with Crippen molar-refractivity contribution in [2.24, 2.45) is 5.73 Å². The SMILES string of the molecule is C=CCC1=C(C(C)=O)C2(C(=O)Nc3ccc(Br)cc32)C(C#N)=C(N)O1. The lowest BCUT2D eigenvalue weighted by atomic mass is 9.67. The number of allylic oxidation sites excluding steroid dienone is 1. The topological polar surface area (TPSA) is 105 Å². The molecular weight excluding hydrogens is 386 g/mol. The van der Waals surface area contributed by atoms with Crippen molar-refractivity contribution in [1.82, 2.24) is 0 Å². The van der Waals surface area contributed by atoms with Gasteiger partial charge in [-0.15, -0.1) is 6.58 Å². The monoisotopic (exact) mass is 399 g/mol. The summed E-state index contributed by atoms with van der Waals surface area (Å²) >= 11 is 3.38. The molecule has 0 saturated heterocycles. The first-order valence-corrected chi connectivity index (χ1v) is 8.22. The Balaban J connectivity index is 2.48. The lowest BCUT2D eigenvalue weighted by Gasteiger charge is -2.34. The Hall–Kier alpha value is -2.85. The van der Waals surface area contributed by atoms with Crippen LogP contribution in [0.3, 0.4) is 0 Å². The molecule has 1 aromatic rings. The number of ketones is 1. The molecule has 1 aromatic carbocycles. The number of fused-ring (bicyclic) bond motifs is 2. The number of carbonyl (C=O) groups excluding carboxylic acids is 2. The molecule has 0 aliphatic carbocycles. The minimum Gasteiger partial charge on any atom is -0.444 e. The van der Waals surface area contributed by atoms with Gasteiger partial charge in [-0.05, 0) is 25.1 Å². The van der Waals surface area contributed by atoms with Crippen LogP contribution in [-0.2, 0) is 19.7 Å². The van der Waals surface area contributed by atoms with Gasteiger partial charge < -0.3 is 15.8 Å². The zero-order valence-electron chi connectivity index (χ0n) is 13.4. The number of nitriles is 1. The van der Waals surface area contributed by atoms with Gasteiger partial charge >= 0.3 is 0 Å². The highest BCUT2D eigenvalue weighted by molar-refractivity contribution is 9.10. The number of hydrogen-bond donors (Lipinski definition) is 2. The smallest absolute Gasteiger partial charge is 0.245 e. The third kappa shape index (κ3) is 2.22. The highest BCUT2D eigenvalue weighted by Gasteiger charge is 2.58. The van der Waals surface area contributed by atoms with Gasteiger partial charge in [0.25, 0.3) is 0 Å². The summed E-state index contributed by atoms with van der Waals surface area (Å²) in [5, 5.41) is 12.5. The van der Waals surface area contributed by atoms with E-state index in [0.717, 1.165) is 0 Å². The molecule has 2 heterocycles. The predicted octanol–water partition coefficient (Wildman–Crippen LogP) is 2.78. The molecular formula is C18H14BrN3O3. The minimum absolute atomic E-state index is 0.0973. The zero-order valence-corrected chi connectivity index (χ0v) is 14.9. The fourth-order valence-electron chi connectivity index (χ4n) is 3.40. The predicted molar refractivity (Wildman–Crippen MR) is 94.9 cm³/mol. The van der Waals surface area contributed by atoms with Crippen LogP contribution in [0.25, 0.3) is 0 Å². The van der Waals surface area contributed by atoms with Gasteiger partial charge in [0, 0.05) is 22.1 Å². The first-order valence-electron chi connectivity index (χ1n) is 7.43. The second-order valence-corrected chi connectivity index (χ2v) is 6.61. The average molecular weight is 400 g/mol. The van der Waals surface area contributed by atoms with Crippen LogP contribution in [0, 0.1) is 11.3 Å². The molecule has 2 aliphatic rings. The maximum Gasteiger partial charge on any atom is 0.245 e. The Bertz CT molecular complexity index is 939. The summed E-state index contributed by atoms with van der Waals surface area (Å²) in [4.78, 5) is 25.6. The number of ether oxygens (including phenoxy) is 1. The van der Waals surface area contributed by atoms with E-state index in [0.29, 0.717) is 15.7 Å². The molecule has 1 amide bonds. The highest BCUT2D eigenvalue weighted by Crippen LogP contribution is 2.52. The minimum atomic E-state index is -1.62. The van der Waals surface area contributed by atoms with Crippen LogP contribution in [0.4, 0.5) is 5.69 Å². The number of nitrogens with zero attached hydrogens (tertiary/aromatic N) is 1. The van der Waals surface area contributed by atoms with E-state index in [-0.39, 0.29) is 35.0 Å². The van der Waals surface area contributed by atoms with Crippen molar-refractivity contribution in [3.63, 3.8) is 0 Å². The van der Waals surface area contributed by atoms with E-state index in [1.165, 1.54) is 6.92 Å². The zero-order chi connectivity index (χ0) is 18.4. The molecule has 0 radical (unpaired) electrons. The van der Waals surface area contributed by atoms with Gasteiger partial charge in [-0.1, -0.05) is 22.0 Å².